The highest BCUT2D eigenvalue weighted by molar-refractivity contribution is 6.12. The van der Waals surface area contributed by atoms with Crippen molar-refractivity contribution in [3.05, 3.63) is 42.0 Å². The number of rotatable bonds is 21. The third kappa shape index (κ3) is 15.1. The van der Waals surface area contributed by atoms with Crippen molar-refractivity contribution in [3.8, 4) is 0 Å². The number of hydrogen-bond donors (Lipinski definition) is 7. The summed E-state index contributed by atoms with van der Waals surface area (Å²) in [5, 5.41) is 16.3. The molecule has 9 amide bonds. The van der Waals surface area contributed by atoms with E-state index in [2.05, 4.69) is 31.9 Å². The number of imide groups is 1. The lowest BCUT2D eigenvalue weighted by molar-refractivity contribution is -0.208. The summed E-state index contributed by atoms with van der Waals surface area (Å²) in [6.07, 6.45) is 1.24. The highest BCUT2D eigenvalue weighted by atomic mass is 16.8. The molecule has 1 aromatic carbocycles. The Balaban J connectivity index is 1.37. The molecule has 6 atom stereocenters. The molecule has 2 saturated heterocycles. The number of amides is 9. The molecule has 0 aromatic heterocycles. The molecule has 3 aliphatic heterocycles. The van der Waals surface area contributed by atoms with E-state index in [0.29, 0.717) is 37.9 Å². The molecule has 1 aromatic rings. The number of nitrogens with two attached hydrogens (primary N) is 1. The zero-order valence-electron chi connectivity index (χ0n) is 36.5. The highest BCUT2D eigenvalue weighted by Gasteiger charge is 2.57. The van der Waals surface area contributed by atoms with E-state index in [1.54, 1.807) is 72.7 Å². The maximum atomic E-state index is 13.9. The summed E-state index contributed by atoms with van der Waals surface area (Å²) in [5.74, 6) is -4.59. The highest BCUT2D eigenvalue weighted by Crippen LogP contribution is 2.37. The minimum Gasteiger partial charge on any atom is -0.444 e. The fourth-order valence-corrected chi connectivity index (χ4v) is 6.96. The van der Waals surface area contributed by atoms with E-state index in [1.165, 1.54) is 12.2 Å². The average Bonchev–Trinajstić information content (AvgIpc) is 3.78. The fraction of sp³-hybridized carbons (Fsp3) is 0.619. The van der Waals surface area contributed by atoms with Crippen molar-refractivity contribution in [2.75, 3.05) is 25.0 Å². The van der Waals surface area contributed by atoms with E-state index in [-0.39, 0.29) is 50.1 Å². The minimum absolute atomic E-state index is 0.0829. The first-order valence-corrected chi connectivity index (χ1v) is 21.0. The number of anilines is 1. The Hall–Kier alpha value is -5.60. The second-order valence-corrected chi connectivity index (χ2v) is 17.2. The van der Waals surface area contributed by atoms with Crippen molar-refractivity contribution in [1.29, 1.82) is 0 Å². The second kappa shape index (κ2) is 22.0. The Morgan fingerprint density at radius 2 is 1.55 bits per heavy atom. The number of fused-ring (bicyclic) bond motifs is 1. The molecule has 0 aliphatic carbocycles. The Kier molecular flexibility index (Phi) is 17.4. The van der Waals surface area contributed by atoms with Crippen molar-refractivity contribution in [2.24, 2.45) is 11.7 Å². The summed E-state index contributed by atoms with van der Waals surface area (Å²) in [7, 11) is 0. The SMILES string of the molecule is CC(C)[C@@H](NC(=O)C1O[C@@H]2OC(C)(C)O[C@@H]2[C@@H]1NC(=O)CCCCCN1C(=O)C=CC1=O)C(=O)NC(CCCNC(N)=O)C(=O)Nc1ccc(CCNC(=O)OC(C)(C)C)cc1. The Labute approximate surface area is 361 Å². The molecule has 0 radical (unpaired) electrons. The molecular weight excluding hydrogens is 809 g/mol. The summed E-state index contributed by atoms with van der Waals surface area (Å²) < 4.78 is 23.1. The summed E-state index contributed by atoms with van der Waals surface area (Å²) in [6, 6.07) is 2.97. The lowest BCUT2D eigenvalue weighted by Crippen LogP contribution is -2.59. The van der Waals surface area contributed by atoms with Crippen LogP contribution < -0.4 is 37.6 Å². The third-order valence-corrected chi connectivity index (χ3v) is 9.97. The van der Waals surface area contributed by atoms with E-state index in [0.717, 1.165) is 10.5 Å². The van der Waals surface area contributed by atoms with Gasteiger partial charge in [0.2, 0.25) is 17.7 Å². The van der Waals surface area contributed by atoms with Crippen LogP contribution >= 0.6 is 0 Å². The van der Waals surface area contributed by atoms with Crippen LogP contribution in [0.25, 0.3) is 0 Å². The van der Waals surface area contributed by atoms with Crippen LogP contribution in [0.2, 0.25) is 0 Å². The van der Waals surface area contributed by atoms with Gasteiger partial charge in [-0.25, -0.2) is 9.59 Å². The molecular formula is C42H62N8O12. The smallest absolute Gasteiger partial charge is 0.407 e. The molecule has 62 heavy (non-hydrogen) atoms. The first kappa shape index (κ1) is 49.1. The van der Waals surface area contributed by atoms with Crippen LogP contribution in [-0.4, -0.2) is 120 Å². The number of ether oxygens (including phenoxy) is 4. The lowest BCUT2D eigenvalue weighted by atomic mass is 10.0. The zero-order valence-corrected chi connectivity index (χ0v) is 36.5. The van der Waals surface area contributed by atoms with E-state index in [9.17, 15) is 38.4 Å². The standard InChI is InChI=1S/C42H62N8O12/c1-24(2)31(36(55)47-27(12-11-21-44-39(43)57)35(54)46-26-16-14-25(15-17-26)20-22-45-40(58)62-41(3,4)5)49-37(56)33-32(34-38(59-33)61-42(6,7)60-34)48-28(51)13-9-8-10-23-50-29(52)18-19-30(50)53/h14-19,24,27,31-34,38H,8-13,20-23H2,1-7H3,(H,45,58)(H,46,54)(H,47,55)(H,48,51)(H,49,56)(H3,43,44,57)/t27?,31-,32-,33?,34-,38-/m1/s1. The van der Waals surface area contributed by atoms with Crippen molar-refractivity contribution in [2.45, 2.75) is 141 Å². The first-order valence-electron chi connectivity index (χ1n) is 21.0. The van der Waals surface area contributed by atoms with Crippen molar-refractivity contribution in [1.82, 2.24) is 31.5 Å². The summed E-state index contributed by atoms with van der Waals surface area (Å²) in [4.78, 5) is 103. The van der Waals surface area contributed by atoms with Crippen molar-refractivity contribution >= 4 is 53.3 Å². The van der Waals surface area contributed by atoms with Crippen LogP contribution in [0.3, 0.4) is 0 Å². The summed E-state index contributed by atoms with van der Waals surface area (Å²) in [5.41, 5.74) is 5.92. The summed E-state index contributed by atoms with van der Waals surface area (Å²) in [6.45, 7) is 12.8. The van der Waals surface area contributed by atoms with Crippen LogP contribution in [0, 0.1) is 5.92 Å². The lowest BCUT2D eigenvalue weighted by Gasteiger charge is -2.29. The Bertz CT molecular complexity index is 1810. The monoisotopic (exact) mass is 870 g/mol. The predicted octanol–water partition coefficient (Wildman–Crippen LogP) is 1.61. The minimum atomic E-state index is -1.31. The van der Waals surface area contributed by atoms with Crippen LogP contribution in [-0.2, 0) is 54.1 Å². The largest absolute Gasteiger partial charge is 0.444 e. The molecule has 3 aliphatic rings. The molecule has 20 nitrogen and oxygen atoms in total. The van der Waals surface area contributed by atoms with Gasteiger partial charge in [0, 0.05) is 43.9 Å². The van der Waals surface area contributed by atoms with Crippen LogP contribution in [0.4, 0.5) is 15.3 Å². The maximum absolute atomic E-state index is 13.9. The van der Waals surface area contributed by atoms with Gasteiger partial charge in [-0.2, -0.15) is 0 Å². The van der Waals surface area contributed by atoms with Gasteiger partial charge in [0.1, 0.15) is 23.8 Å². The molecule has 8 N–H and O–H groups in total. The van der Waals surface area contributed by atoms with E-state index < -0.39 is 83.8 Å². The molecule has 3 heterocycles. The maximum Gasteiger partial charge on any atom is 0.407 e. The molecule has 0 spiro atoms. The van der Waals surface area contributed by atoms with Gasteiger partial charge in [-0.05, 0) is 90.3 Å². The average molecular weight is 871 g/mol. The number of hydrogen-bond acceptors (Lipinski definition) is 12. The number of urea groups is 1. The number of unbranched alkanes of at least 4 members (excludes halogenated alkanes) is 2. The van der Waals surface area contributed by atoms with E-state index >= 15 is 0 Å². The number of nitrogens with one attached hydrogen (secondary N) is 6. The van der Waals surface area contributed by atoms with Gasteiger partial charge in [0.25, 0.3) is 17.7 Å². The first-order chi connectivity index (χ1) is 29.1. The quantitative estimate of drug-likeness (QED) is 0.0686. The van der Waals surface area contributed by atoms with Crippen LogP contribution in [0.15, 0.2) is 36.4 Å². The van der Waals surface area contributed by atoms with Gasteiger partial charge in [0.15, 0.2) is 18.2 Å². The van der Waals surface area contributed by atoms with Crippen LogP contribution in [0.5, 0.6) is 0 Å². The number of nitrogens with zero attached hydrogens (tertiary/aromatic N) is 1. The molecule has 0 saturated carbocycles. The van der Waals surface area contributed by atoms with Gasteiger partial charge in [-0.1, -0.05) is 32.4 Å². The van der Waals surface area contributed by atoms with Gasteiger partial charge >= 0.3 is 12.1 Å². The number of carbonyl (C=O) groups is 8. The number of carbonyl (C=O) groups excluding carboxylic acids is 8. The van der Waals surface area contributed by atoms with Gasteiger partial charge in [-0.15, -0.1) is 0 Å². The molecule has 0 bridgehead atoms. The molecule has 4 rings (SSSR count). The van der Waals surface area contributed by atoms with Gasteiger partial charge in [-0.3, -0.25) is 33.7 Å². The normalized spacial score (nSPS) is 21.2. The van der Waals surface area contributed by atoms with E-state index in [4.69, 9.17) is 24.7 Å². The molecule has 342 valence electrons. The third-order valence-electron chi connectivity index (χ3n) is 9.97. The topological polar surface area (TPSA) is 275 Å². The Morgan fingerprint density at radius 1 is 0.871 bits per heavy atom. The van der Waals surface area contributed by atoms with Crippen molar-refractivity contribution < 1.29 is 57.3 Å². The number of alkyl carbamates (subject to hydrolysis) is 1. The Morgan fingerprint density at radius 3 is 2.18 bits per heavy atom. The van der Waals surface area contributed by atoms with Crippen molar-refractivity contribution in [3.63, 3.8) is 0 Å². The van der Waals surface area contributed by atoms with Gasteiger partial charge in [0.05, 0.1) is 6.04 Å². The number of primary amides is 1. The second-order valence-electron chi connectivity index (χ2n) is 17.2. The zero-order chi connectivity index (χ0) is 45.8. The van der Waals surface area contributed by atoms with Crippen LogP contribution in [0.1, 0.15) is 92.6 Å². The molecule has 20 heteroatoms. The number of benzene rings is 1. The molecule has 2 fully saturated rings. The predicted molar refractivity (Wildman–Crippen MR) is 223 cm³/mol. The summed E-state index contributed by atoms with van der Waals surface area (Å²) >= 11 is 0. The fourth-order valence-electron chi connectivity index (χ4n) is 6.96. The molecule has 2 unspecified atom stereocenters. The van der Waals surface area contributed by atoms with E-state index in [1.807, 2.05) is 0 Å². The van der Waals surface area contributed by atoms with Gasteiger partial charge < -0.3 is 56.6 Å².